The number of amides is 1. The Hall–Kier alpha value is -3.48. The number of benzene rings is 2. The maximum absolute atomic E-state index is 12.8. The molecule has 0 fully saturated rings. The van der Waals surface area contributed by atoms with Crippen molar-refractivity contribution in [1.29, 1.82) is 0 Å². The zero-order valence-electron chi connectivity index (χ0n) is 14.4. The maximum Gasteiger partial charge on any atom is 0.284 e. The van der Waals surface area contributed by atoms with Gasteiger partial charge in [-0.2, -0.15) is 5.01 Å². The molecule has 0 bridgehead atoms. The van der Waals surface area contributed by atoms with E-state index in [9.17, 15) is 14.9 Å². The van der Waals surface area contributed by atoms with E-state index in [1.165, 1.54) is 29.3 Å². The highest BCUT2D eigenvalue weighted by atomic mass is 16.6. The summed E-state index contributed by atoms with van der Waals surface area (Å²) in [4.78, 5) is 23.1. The molecule has 3 rings (SSSR count). The third-order valence-corrected chi connectivity index (χ3v) is 3.82. The minimum absolute atomic E-state index is 0.0511. The van der Waals surface area contributed by atoms with Crippen LogP contribution in [0.15, 0.2) is 59.2 Å². The molecule has 0 unspecified atom stereocenters. The van der Waals surface area contributed by atoms with Gasteiger partial charge in [0.15, 0.2) is 0 Å². The molecule has 0 aliphatic carbocycles. The topological polar surface area (TPSA) is 85.0 Å². The fraction of sp³-hybridized carbons (Fsp3) is 0.158. The minimum Gasteiger partial charge on any atom is -0.476 e. The van der Waals surface area contributed by atoms with Crippen LogP contribution in [0.4, 0.5) is 11.4 Å². The first-order chi connectivity index (χ1) is 12.5. The van der Waals surface area contributed by atoms with Crippen molar-refractivity contribution in [3.05, 3.63) is 75.3 Å². The van der Waals surface area contributed by atoms with Crippen molar-refractivity contribution in [2.24, 2.45) is 5.10 Å². The molecule has 132 valence electrons. The number of nitro benzene ring substituents is 1. The number of nitrogens with zero attached hydrogens (tertiary/aromatic N) is 3. The molecule has 1 aliphatic rings. The normalized spacial score (nSPS) is 15.3. The molecule has 7 nitrogen and oxygen atoms in total. The third-order valence-electron chi connectivity index (χ3n) is 3.82. The van der Waals surface area contributed by atoms with E-state index in [1.807, 2.05) is 38.1 Å². The molecule has 0 aromatic heterocycles. The molecular formula is C19H17N3O4. The molecular weight excluding hydrogens is 334 g/mol. The molecule has 1 amide bonds. The number of rotatable bonds is 4. The number of non-ortho nitro benzene ring substituents is 1. The zero-order chi connectivity index (χ0) is 18.7. The van der Waals surface area contributed by atoms with Crippen molar-refractivity contribution in [2.75, 3.05) is 11.6 Å². The van der Waals surface area contributed by atoms with Gasteiger partial charge in [-0.15, -0.1) is 5.10 Å². The first kappa shape index (κ1) is 17.3. The van der Waals surface area contributed by atoms with Crippen molar-refractivity contribution >= 4 is 29.3 Å². The number of anilines is 1. The summed E-state index contributed by atoms with van der Waals surface area (Å²) in [5.41, 5.74) is 2.71. The van der Waals surface area contributed by atoms with Crippen LogP contribution in [0.2, 0.25) is 0 Å². The number of ether oxygens (including phenoxy) is 1. The van der Waals surface area contributed by atoms with E-state index in [0.29, 0.717) is 17.9 Å². The predicted octanol–water partition coefficient (Wildman–Crippen LogP) is 3.68. The Balaban J connectivity index is 1.95. The number of carbonyl (C=O) groups excluding carboxylic acids is 1. The van der Waals surface area contributed by atoms with Crippen molar-refractivity contribution in [1.82, 2.24) is 0 Å². The van der Waals surface area contributed by atoms with Crippen LogP contribution in [-0.4, -0.2) is 23.3 Å². The molecule has 0 saturated carbocycles. The van der Waals surface area contributed by atoms with Crippen LogP contribution < -0.4 is 5.01 Å². The van der Waals surface area contributed by atoms with Gasteiger partial charge in [-0.3, -0.25) is 14.9 Å². The van der Waals surface area contributed by atoms with Crippen LogP contribution in [0.5, 0.6) is 0 Å². The summed E-state index contributed by atoms with van der Waals surface area (Å²) in [5.74, 6) is -0.112. The number of hydrazone groups is 1. The molecule has 0 atom stereocenters. The van der Waals surface area contributed by atoms with Crippen LogP contribution in [-0.2, 0) is 9.53 Å². The first-order valence-corrected chi connectivity index (χ1v) is 8.08. The maximum atomic E-state index is 12.8. The summed E-state index contributed by atoms with van der Waals surface area (Å²) in [6, 6.07) is 13.4. The van der Waals surface area contributed by atoms with Crippen LogP contribution in [0.1, 0.15) is 18.1 Å². The fourth-order valence-electron chi connectivity index (χ4n) is 2.48. The zero-order valence-corrected chi connectivity index (χ0v) is 14.4. The van der Waals surface area contributed by atoms with Crippen LogP contribution in [0, 0.1) is 17.0 Å². The third kappa shape index (κ3) is 3.46. The van der Waals surface area contributed by atoms with E-state index in [4.69, 9.17) is 4.74 Å². The van der Waals surface area contributed by atoms with Gasteiger partial charge < -0.3 is 4.74 Å². The molecule has 1 heterocycles. The van der Waals surface area contributed by atoms with Gasteiger partial charge in [0.1, 0.15) is 5.57 Å². The Morgan fingerprint density at radius 1 is 1.15 bits per heavy atom. The monoisotopic (exact) mass is 351 g/mol. The smallest absolute Gasteiger partial charge is 0.284 e. The lowest BCUT2D eigenvalue weighted by Crippen LogP contribution is -2.21. The Labute approximate surface area is 150 Å². The van der Waals surface area contributed by atoms with Crippen molar-refractivity contribution in [3.8, 4) is 0 Å². The largest absolute Gasteiger partial charge is 0.476 e. The molecule has 7 heteroatoms. The number of hydrogen-bond donors (Lipinski definition) is 0. The molecule has 0 radical (unpaired) electrons. The Morgan fingerprint density at radius 2 is 1.81 bits per heavy atom. The van der Waals surface area contributed by atoms with Gasteiger partial charge >= 0.3 is 0 Å². The highest BCUT2D eigenvalue weighted by Gasteiger charge is 2.32. The summed E-state index contributed by atoms with van der Waals surface area (Å²) < 4.78 is 5.51. The van der Waals surface area contributed by atoms with Crippen LogP contribution in [0.25, 0.3) is 6.08 Å². The van der Waals surface area contributed by atoms with E-state index in [-0.39, 0.29) is 17.5 Å². The van der Waals surface area contributed by atoms with Crippen LogP contribution >= 0.6 is 0 Å². The Kier molecular flexibility index (Phi) is 4.79. The summed E-state index contributed by atoms with van der Waals surface area (Å²) in [6.45, 7) is 4.16. The summed E-state index contributed by atoms with van der Waals surface area (Å²) >= 11 is 0. The van der Waals surface area contributed by atoms with Gasteiger partial charge in [-0.1, -0.05) is 29.8 Å². The highest BCUT2D eigenvalue weighted by molar-refractivity contribution is 6.30. The number of carbonyl (C=O) groups is 1. The molecule has 0 saturated heterocycles. The average Bonchev–Trinajstić information content (AvgIpc) is 2.93. The lowest BCUT2D eigenvalue weighted by atomic mass is 10.1. The second-order valence-corrected chi connectivity index (χ2v) is 5.70. The predicted molar refractivity (Wildman–Crippen MR) is 98.8 cm³/mol. The second kappa shape index (κ2) is 7.18. The van der Waals surface area contributed by atoms with E-state index in [1.54, 1.807) is 6.08 Å². The van der Waals surface area contributed by atoms with E-state index < -0.39 is 4.92 Å². The minimum atomic E-state index is -0.493. The molecule has 0 N–H and O–H groups in total. The van der Waals surface area contributed by atoms with Gasteiger partial charge in [0.25, 0.3) is 11.6 Å². The van der Waals surface area contributed by atoms with Crippen molar-refractivity contribution in [3.63, 3.8) is 0 Å². The van der Waals surface area contributed by atoms with Crippen molar-refractivity contribution in [2.45, 2.75) is 13.8 Å². The molecule has 2 aromatic rings. The lowest BCUT2D eigenvalue weighted by Gasteiger charge is -2.10. The van der Waals surface area contributed by atoms with E-state index in [0.717, 1.165) is 11.1 Å². The summed E-state index contributed by atoms with van der Waals surface area (Å²) in [6.07, 6.45) is 1.72. The molecule has 2 aromatic carbocycles. The molecule has 26 heavy (non-hydrogen) atoms. The Bertz CT molecular complexity index is 899. The number of hydrogen-bond acceptors (Lipinski definition) is 5. The summed E-state index contributed by atoms with van der Waals surface area (Å²) in [5, 5.41) is 16.2. The quantitative estimate of drug-likeness (QED) is 0.478. The van der Waals surface area contributed by atoms with Gasteiger partial charge in [0.05, 0.1) is 17.2 Å². The van der Waals surface area contributed by atoms with Gasteiger partial charge in [0, 0.05) is 12.1 Å². The van der Waals surface area contributed by atoms with Crippen LogP contribution in [0.3, 0.4) is 0 Å². The van der Waals surface area contributed by atoms with Gasteiger partial charge in [-0.05, 0) is 37.6 Å². The lowest BCUT2D eigenvalue weighted by molar-refractivity contribution is -0.384. The average molecular weight is 351 g/mol. The first-order valence-electron chi connectivity index (χ1n) is 8.08. The van der Waals surface area contributed by atoms with Gasteiger partial charge in [-0.25, -0.2) is 0 Å². The SMILES string of the molecule is CCOC1=NN(c2ccc([N+](=O)[O-])cc2)C(=O)C1=Cc1ccc(C)cc1. The molecule has 1 aliphatic heterocycles. The standard InChI is InChI=1S/C19H17N3O4/c1-3-26-18-17(12-14-6-4-13(2)5-7-14)19(23)21(20-18)15-8-10-16(11-9-15)22(24)25/h4-12H,3H2,1-2H3. The molecule has 0 spiro atoms. The summed E-state index contributed by atoms with van der Waals surface area (Å²) in [7, 11) is 0. The van der Waals surface area contributed by atoms with Crippen molar-refractivity contribution < 1.29 is 14.5 Å². The highest BCUT2D eigenvalue weighted by Crippen LogP contribution is 2.27. The fourth-order valence-corrected chi connectivity index (χ4v) is 2.48. The van der Waals surface area contributed by atoms with E-state index in [2.05, 4.69) is 5.10 Å². The van der Waals surface area contributed by atoms with Gasteiger partial charge in [0.2, 0.25) is 5.90 Å². The Morgan fingerprint density at radius 3 is 2.38 bits per heavy atom. The number of aryl methyl sites for hydroxylation is 1. The van der Waals surface area contributed by atoms with E-state index >= 15 is 0 Å². The second-order valence-electron chi connectivity index (χ2n) is 5.70. The number of nitro groups is 1.